The Morgan fingerprint density at radius 3 is 2.40 bits per heavy atom. The van der Waals surface area contributed by atoms with Crippen molar-refractivity contribution in [3.8, 4) is 11.5 Å². The van der Waals surface area contributed by atoms with Crippen LogP contribution in [0.25, 0.3) is 0 Å². The van der Waals surface area contributed by atoms with Crippen LogP contribution in [0.5, 0.6) is 11.5 Å². The van der Waals surface area contributed by atoms with Gasteiger partial charge in [-0.15, -0.1) is 0 Å². The number of ether oxygens (including phenoxy) is 3. The van der Waals surface area contributed by atoms with Crippen LogP contribution in [-0.2, 0) is 9.53 Å². The van der Waals surface area contributed by atoms with Gasteiger partial charge in [-0.2, -0.15) is 0 Å². The third kappa shape index (κ3) is 5.35. The molecule has 0 bridgehead atoms. The second-order valence-corrected chi connectivity index (χ2v) is 8.33. The first-order valence-electron chi connectivity index (χ1n) is 11.8. The molecule has 2 amide bonds. The molecular weight excluding hydrogens is 448 g/mol. The van der Waals surface area contributed by atoms with Crippen LogP contribution >= 0.6 is 0 Å². The highest BCUT2D eigenvalue weighted by molar-refractivity contribution is 5.95. The summed E-state index contributed by atoms with van der Waals surface area (Å²) in [5, 5.41) is 5.74. The summed E-state index contributed by atoms with van der Waals surface area (Å²) in [5.41, 5.74) is 2.72. The summed E-state index contributed by atoms with van der Waals surface area (Å²) >= 11 is 0. The molecule has 2 N–H and O–H groups in total. The van der Waals surface area contributed by atoms with Crippen LogP contribution in [0.3, 0.4) is 0 Å². The van der Waals surface area contributed by atoms with Crippen LogP contribution in [0, 0.1) is 0 Å². The predicted octanol–water partition coefficient (Wildman–Crippen LogP) is 2.70. The lowest BCUT2D eigenvalue weighted by molar-refractivity contribution is -0.139. The molecule has 9 nitrogen and oxygen atoms in total. The maximum atomic E-state index is 13.2. The lowest BCUT2D eigenvalue weighted by Gasteiger charge is -2.38. The molecule has 0 unspecified atom stereocenters. The number of carbonyl (C=O) groups excluding carboxylic acids is 2. The maximum Gasteiger partial charge on any atom is 0.338 e. The number of nitrogens with zero attached hydrogens (tertiary/aromatic N) is 2. The van der Waals surface area contributed by atoms with Crippen molar-refractivity contribution >= 4 is 17.7 Å². The van der Waals surface area contributed by atoms with Crippen molar-refractivity contribution < 1.29 is 23.8 Å². The van der Waals surface area contributed by atoms with E-state index in [2.05, 4.69) is 32.6 Å². The van der Waals surface area contributed by atoms with E-state index in [1.165, 1.54) is 12.8 Å². The Kier molecular flexibility index (Phi) is 7.77. The van der Waals surface area contributed by atoms with E-state index in [1.807, 2.05) is 24.3 Å². The van der Waals surface area contributed by atoms with E-state index in [-0.39, 0.29) is 12.6 Å². The minimum absolute atomic E-state index is 0.223. The molecule has 0 spiro atoms. The van der Waals surface area contributed by atoms with Gasteiger partial charge in [0.1, 0.15) is 0 Å². The summed E-state index contributed by atoms with van der Waals surface area (Å²) in [6.07, 6.45) is 0. The quantitative estimate of drug-likeness (QED) is 0.562. The second kappa shape index (κ2) is 11.1. The second-order valence-electron chi connectivity index (χ2n) is 8.33. The van der Waals surface area contributed by atoms with E-state index in [1.54, 1.807) is 26.2 Å². The summed E-state index contributed by atoms with van der Waals surface area (Å²) in [6.45, 7) is 5.71. The number of benzene rings is 2. The van der Waals surface area contributed by atoms with Gasteiger partial charge >= 0.3 is 12.0 Å². The van der Waals surface area contributed by atoms with Crippen LogP contribution in [0.4, 0.5) is 10.5 Å². The zero-order valence-electron chi connectivity index (χ0n) is 20.4. The Morgan fingerprint density at radius 2 is 1.74 bits per heavy atom. The zero-order valence-corrected chi connectivity index (χ0v) is 20.4. The molecule has 1 fully saturated rings. The van der Waals surface area contributed by atoms with E-state index >= 15 is 0 Å². The summed E-state index contributed by atoms with van der Waals surface area (Å²) in [7, 11) is 3.08. The van der Waals surface area contributed by atoms with Crippen molar-refractivity contribution in [1.29, 1.82) is 0 Å². The molecule has 1 saturated heterocycles. The number of esters is 1. The Labute approximate surface area is 205 Å². The van der Waals surface area contributed by atoms with Gasteiger partial charge in [-0.05, 0) is 25.1 Å². The monoisotopic (exact) mass is 480 g/mol. The zero-order chi connectivity index (χ0) is 24.8. The van der Waals surface area contributed by atoms with E-state index < -0.39 is 12.0 Å². The SMILES string of the molecule is CCOC(=O)C1=C(CN2CCN(c3ccccc3)CC2)NC(=O)N[C@@H]1c1cccc(OC)c1OC. The fourth-order valence-electron chi connectivity index (χ4n) is 4.59. The molecule has 9 heteroatoms. The average Bonchev–Trinajstić information content (AvgIpc) is 2.88. The maximum absolute atomic E-state index is 13.2. The van der Waals surface area contributed by atoms with Crippen molar-refractivity contribution in [2.45, 2.75) is 13.0 Å². The molecular formula is C26H32N4O5. The van der Waals surface area contributed by atoms with Gasteiger partial charge in [-0.25, -0.2) is 9.59 Å². The molecule has 2 aliphatic heterocycles. The first-order valence-corrected chi connectivity index (χ1v) is 11.8. The van der Waals surface area contributed by atoms with Crippen molar-refractivity contribution in [2.75, 3.05) is 58.5 Å². The number of hydrogen-bond acceptors (Lipinski definition) is 7. The molecule has 0 saturated carbocycles. The van der Waals surface area contributed by atoms with Crippen LogP contribution in [0.15, 0.2) is 59.8 Å². The number of nitrogens with one attached hydrogen (secondary N) is 2. The number of amides is 2. The summed E-state index contributed by atoms with van der Waals surface area (Å²) in [4.78, 5) is 30.4. The molecule has 4 rings (SSSR count). The molecule has 1 atom stereocenters. The van der Waals surface area contributed by atoms with Gasteiger partial charge < -0.3 is 29.7 Å². The normalized spacial score (nSPS) is 18.5. The van der Waals surface area contributed by atoms with Crippen LogP contribution in [-0.4, -0.2) is 70.5 Å². The fourth-order valence-corrected chi connectivity index (χ4v) is 4.59. The molecule has 2 aromatic carbocycles. The molecule has 0 aromatic heterocycles. The van der Waals surface area contributed by atoms with Gasteiger partial charge in [-0.1, -0.05) is 30.3 Å². The number of methoxy groups -OCH3 is 2. The highest BCUT2D eigenvalue weighted by atomic mass is 16.5. The topological polar surface area (TPSA) is 92.4 Å². The number of carbonyl (C=O) groups is 2. The number of para-hydroxylation sites is 2. The summed E-state index contributed by atoms with van der Waals surface area (Å²) in [6, 6.07) is 14.6. The van der Waals surface area contributed by atoms with Crippen molar-refractivity contribution in [1.82, 2.24) is 15.5 Å². The number of urea groups is 1. The van der Waals surface area contributed by atoms with E-state index in [0.717, 1.165) is 26.2 Å². The van der Waals surface area contributed by atoms with Crippen molar-refractivity contribution in [3.05, 3.63) is 65.4 Å². The van der Waals surface area contributed by atoms with Crippen LogP contribution in [0.2, 0.25) is 0 Å². The average molecular weight is 481 g/mol. The molecule has 0 aliphatic carbocycles. The first kappa shape index (κ1) is 24.4. The van der Waals surface area contributed by atoms with Gasteiger partial charge in [0, 0.05) is 49.7 Å². The summed E-state index contributed by atoms with van der Waals surface area (Å²) < 4.78 is 16.4. The minimum atomic E-state index is -0.742. The van der Waals surface area contributed by atoms with E-state index in [0.29, 0.717) is 34.9 Å². The lowest BCUT2D eigenvalue weighted by Crippen LogP contribution is -2.51. The molecule has 2 aliphatic rings. The third-order valence-electron chi connectivity index (χ3n) is 6.27. The largest absolute Gasteiger partial charge is 0.493 e. The highest BCUT2D eigenvalue weighted by Crippen LogP contribution is 2.39. The predicted molar refractivity (Wildman–Crippen MR) is 133 cm³/mol. The smallest absolute Gasteiger partial charge is 0.338 e. The minimum Gasteiger partial charge on any atom is -0.493 e. The van der Waals surface area contributed by atoms with Gasteiger partial charge in [0.2, 0.25) is 0 Å². The fraction of sp³-hybridized carbons (Fsp3) is 0.385. The summed E-state index contributed by atoms with van der Waals surface area (Å²) in [5.74, 6) is 0.493. The number of piperazine rings is 1. The van der Waals surface area contributed by atoms with Crippen LogP contribution in [0.1, 0.15) is 18.5 Å². The van der Waals surface area contributed by atoms with Gasteiger partial charge in [0.15, 0.2) is 11.5 Å². The Balaban J connectivity index is 1.63. The Bertz CT molecular complexity index is 1080. The highest BCUT2D eigenvalue weighted by Gasteiger charge is 2.36. The third-order valence-corrected chi connectivity index (χ3v) is 6.27. The van der Waals surface area contributed by atoms with Crippen LogP contribution < -0.4 is 25.0 Å². The van der Waals surface area contributed by atoms with Crippen molar-refractivity contribution in [2.24, 2.45) is 0 Å². The lowest BCUT2D eigenvalue weighted by atomic mass is 9.93. The first-order chi connectivity index (χ1) is 17.0. The number of rotatable bonds is 8. The number of anilines is 1. The number of hydrogen-bond donors (Lipinski definition) is 2. The standard InChI is InChI=1S/C26H32N4O5/c1-4-35-25(31)22-20(17-29-13-15-30(16-14-29)18-9-6-5-7-10-18)27-26(32)28-23(22)19-11-8-12-21(33-2)24(19)34-3/h5-12,23H,4,13-17H2,1-3H3,(H2,27,28,32)/t23-/m1/s1. The molecule has 186 valence electrons. The molecule has 2 aromatic rings. The molecule has 2 heterocycles. The van der Waals surface area contributed by atoms with Crippen molar-refractivity contribution in [3.63, 3.8) is 0 Å². The molecule has 0 radical (unpaired) electrons. The molecule has 35 heavy (non-hydrogen) atoms. The van der Waals surface area contributed by atoms with Gasteiger partial charge in [0.25, 0.3) is 0 Å². The van der Waals surface area contributed by atoms with E-state index in [4.69, 9.17) is 14.2 Å². The van der Waals surface area contributed by atoms with E-state index in [9.17, 15) is 9.59 Å². The Hall–Kier alpha value is -3.72. The Morgan fingerprint density at radius 1 is 1.00 bits per heavy atom. The van der Waals surface area contributed by atoms with Gasteiger partial charge in [0.05, 0.1) is 32.4 Å². The van der Waals surface area contributed by atoms with Gasteiger partial charge in [-0.3, -0.25) is 4.90 Å².